The minimum Gasteiger partial charge on any atom is -0.341 e. The Bertz CT molecular complexity index is 470. The number of hydrogen-bond donors (Lipinski definition) is 0. The molecule has 19 heavy (non-hydrogen) atoms. The van der Waals surface area contributed by atoms with Crippen LogP contribution >= 0.6 is 11.6 Å². The number of hydrogen-bond acceptors (Lipinski definition) is 2. The molecule has 1 amide bonds. The number of carbonyl (C=O) groups is 1. The maximum Gasteiger partial charge on any atom is 0.245 e. The molecule has 1 fully saturated rings. The molecule has 0 bridgehead atoms. The third-order valence-electron chi connectivity index (χ3n) is 3.48. The minimum atomic E-state index is -0.624. The lowest BCUT2D eigenvalue weighted by molar-refractivity contribution is -0.129. The molecule has 0 aliphatic carbocycles. The molecule has 1 unspecified atom stereocenters. The van der Waals surface area contributed by atoms with Crippen molar-refractivity contribution in [2.75, 3.05) is 13.1 Å². The average molecular weight is 284 g/mol. The molecule has 0 saturated carbocycles. The molecule has 1 atom stereocenters. The van der Waals surface area contributed by atoms with Gasteiger partial charge >= 0.3 is 0 Å². The fraction of sp³-hybridized carbons (Fsp3) is 0.714. The number of carbonyl (C=O) groups excluding carboxylic acids is 1. The topological polar surface area (TPSA) is 38.1 Å². The van der Waals surface area contributed by atoms with Crippen molar-refractivity contribution in [3.63, 3.8) is 0 Å². The summed E-state index contributed by atoms with van der Waals surface area (Å²) in [5.41, 5.74) is 1.63. The molecule has 1 aromatic heterocycles. The first kappa shape index (κ1) is 14.4. The number of amides is 1. The summed E-state index contributed by atoms with van der Waals surface area (Å²) in [6, 6.07) is 0. The number of nitrogens with zero attached hydrogens (tertiary/aromatic N) is 3. The van der Waals surface area contributed by atoms with Crippen molar-refractivity contribution in [3.05, 3.63) is 17.5 Å². The summed E-state index contributed by atoms with van der Waals surface area (Å²) < 4.78 is 1.74. The van der Waals surface area contributed by atoms with Crippen molar-refractivity contribution >= 4 is 17.5 Å². The minimum absolute atomic E-state index is 0.0117. The van der Waals surface area contributed by atoms with E-state index in [1.165, 1.54) is 0 Å². The fourth-order valence-corrected chi connectivity index (χ4v) is 2.80. The molecule has 0 aromatic carbocycles. The van der Waals surface area contributed by atoms with Gasteiger partial charge in [0.15, 0.2) is 0 Å². The maximum atomic E-state index is 12.4. The first-order valence-electron chi connectivity index (χ1n) is 6.77. The van der Waals surface area contributed by atoms with Crippen LogP contribution in [0.4, 0.5) is 0 Å². The second-order valence-electron chi connectivity index (χ2n) is 6.25. The van der Waals surface area contributed by atoms with Crippen molar-refractivity contribution in [3.8, 4) is 0 Å². The number of aryl methyl sites for hydroxylation is 1. The van der Waals surface area contributed by atoms with E-state index in [2.05, 4.69) is 25.9 Å². The van der Waals surface area contributed by atoms with Gasteiger partial charge in [0.1, 0.15) is 5.38 Å². The van der Waals surface area contributed by atoms with Crippen LogP contribution in [-0.4, -0.2) is 33.7 Å². The normalized spacial score (nSPS) is 17.8. The zero-order chi connectivity index (χ0) is 14.2. The van der Waals surface area contributed by atoms with Crippen LogP contribution in [0.5, 0.6) is 0 Å². The average Bonchev–Trinajstić information content (AvgIpc) is 2.94. The first-order valence-corrected chi connectivity index (χ1v) is 7.21. The van der Waals surface area contributed by atoms with Gasteiger partial charge in [0.2, 0.25) is 5.91 Å². The Kier molecular flexibility index (Phi) is 3.90. The van der Waals surface area contributed by atoms with Crippen LogP contribution in [0.3, 0.4) is 0 Å². The van der Waals surface area contributed by atoms with Crippen LogP contribution in [-0.2, 0) is 17.3 Å². The van der Waals surface area contributed by atoms with E-state index in [-0.39, 0.29) is 11.3 Å². The van der Waals surface area contributed by atoms with Gasteiger partial charge < -0.3 is 4.90 Å². The van der Waals surface area contributed by atoms with Gasteiger partial charge in [-0.15, -0.1) is 11.6 Å². The number of likely N-dealkylation sites (tertiary alicyclic amines) is 1. The van der Waals surface area contributed by atoms with Crippen LogP contribution in [0.25, 0.3) is 0 Å². The largest absolute Gasteiger partial charge is 0.341 e. The van der Waals surface area contributed by atoms with E-state index in [1.54, 1.807) is 4.68 Å². The standard InChI is InChI=1S/C14H22ClN3O/c1-14(2,3)12-10(9-17(4)16-12)11(15)13(19)18-7-5-6-8-18/h9,11H,5-8H2,1-4H3. The van der Waals surface area contributed by atoms with Gasteiger partial charge in [-0.3, -0.25) is 9.48 Å². The highest BCUT2D eigenvalue weighted by molar-refractivity contribution is 6.30. The lowest BCUT2D eigenvalue weighted by Crippen LogP contribution is -2.31. The van der Waals surface area contributed by atoms with Crippen LogP contribution < -0.4 is 0 Å². The molecule has 0 radical (unpaired) electrons. The summed E-state index contributed by atoms with van der Waals surface area (Å²) in [7, 11) is 1.86. The molecule has 2 heterocycles. The van der Waals surface area contributed by atoms with Crippen LogP contribution in [0.2, 0.25) is 0 Å². The zero-order valence-corrected chi connectivity index (χ0v) is 12.9. The van der Waals surface area contributed by atoms with E-state index < -0.39 is 5.38 Å². The van der Waals surface area contributed by atoms with Crippen molar-refractivity contribution in [2.45, 2.75) is 44.4 Å². The highest BCUT2D eigenvalue weighted by atomic mass is 35.5. The number of rotatable bonds is 2. The van der Waals surface area contributed by atoms with Crippen molar-refractivity contribution in [2.24, 2.45) is 7.05 Å². The molecule has 1 aliphatic rings. The lowest BCUT2D eigenvalue weighted by Gasteiger charge is -2.22. The molecule has 0 N–H and O–H groups in total. The number of halogens is 1. The molecule has 5 heteroatoms. The number of aromatic nitrogens is 2. The van der Waals surface area contributed by atoms with Gasteiger partial charge in [-0.2, -0.15) is 5.10 Å². The van der Waals surface area contributed by atoms with Gasteiger partial charge in [0.05, 0.1) is 5.69 Å². The summed E-state index contributed by atoms with van der Waals surface area (Å²) in [5.74, 6) is 0.0117. The molecular weight excluding hydrogens is 262 g/mol. The van der Waals surface area contributed by atoms with Crippen LogP contribution in [0.1, 0.15) is 50.2 Å². The summed E-state index contributed by atoms with van der Waals surface area (Å²) in [6.45, 7) is 7.91. The molecule has 1 saturated heterocycles. The smallest absolute Gasteiger partial charge is 0.245 e. The summed E-state index contributed by atoms with van der Waals surface area (Å²) in [4.78, 5) is 14.2. The van der Waals surface area contributed by atoms with Gasteiger partial charge in [-0.05, 0) is 12.8 Å². The predicted molar refractivity (Wildman–Crippen MR) is 76.3 cm³/mol. The van der Waals surface area contributed by atoms with E-state index in [9.17, 15) is 4.79 Å². The Labute approximate surface area is 119 Å². The van der Waals surface area contributed by atoms with E-state index in [1.807, 2.05) is 18.1 Å². The Hall–Kier alpha value is -1.03. The summed E-state index contributed by atoms with van der Waals surface area (Å²) in [6.07, 6.45) is 4.02. The van der Waals surface area contributed by atoms with Gasteiger partial charge in [0.25, 0.3) is 0 Å². The third-order valence-corrected chi connectivity index (χ3v) is 3.90. The lowest BCUT2D eigenvalue weighted by atomic mass is 9.88. The Morgan fingerprint density at radius 2 is 1.95 bits per heavy atom. The molecule has 106 valence electrons. The number of alkyl halides is 1. The summed E-state index contributed by atoms with van der Waals surface area (Å²) >= 11 is 6.42. The molecule has 4 nitrogen and oxygen atoms in total. The maximum absolute atomic E-state index is 12.4. The SMILES string of the molecule is Cn1cc(C(Cl)C(=O)N2CCCC2)c(C(C)(C)C)n1. The van der Waals surface area contributed by atoms with Crippen molar-refractivity contribution < 1.29 is 4.79 Å². The Morgan fingerprint density at radius 3 is 2.47 bits per heavy atom. The van der Waals surface area contributed by atoms with Crippen LogP contribution in [0.15, 0.2) is 6.20 Å². The van der Waals surface area contributed by atoms with Crippen molar-refractivity contribution in [1.29, 1.82) is 0 Å². The predicted octanol–water partition coefficient (Wildman–Crippen LogP) is 2.62. The fourth-order valence-electron chi connectivity index (χ4n) is 2.51. The van der Waals surface area contributed by atoms with E-state index >= 15 is 0 Å². The molecule has 1 aliphatic heterocycles. The van der Waals surface area contributed by atoms with Gasteiger partial charge in [-0.25, -0.2) is 0 Å². The summed E-state index contributed by atoms with van der Waals surface area (Å²) in [5, 5.41) is 3.85. The van der Waals surface area contributed by atoms with E-state index in [0.29, 0.717) is 0 Å². The Balaban J connectivity index is 2.28. The van der Waals surface area contributed by atoms with Gasteiger partial charge in [-0.1, -0.05) is 20.8 Å². The van der Waals surface area contributed by atoms with Crippen molar-refractivity contribution in [1.82, 2.24) is 14.7 Å². The molecule has 0 spiro atoms. The quantitative estimate of drug-likeness (QED) is 0.783. The third kappa shape index (κ3) is 2.94. The zero-order valence-electron chi connectivity index (χ0n) is 12.1. The molecule has 2 rings (SSSR count). The van der Waals surface area contributed by atoms with E-state index in [4.69, 9.17) is 11.6 Å². The first-order chi connectivity index (χ1) is 8.80. The van der Waals surface area contributed by atoms with E-state index in [0.717, 1.165) is 37.2 Å². The highest BCUT2D eigenvalue weighted by Crippen LogP contribution is 2.33. The second kappa shape index (κ2) is 5.16. The Morgan fingerprint density at radius 1 is 1.37 bits per heavy atom. The monoisotopic (exact) mass is 283 g/mol. The molecular formula is C14H22ClN3O. The van der Waals surface area contributed by atoms with Gasteiger partial charge in [0, 0.05) is 37.3 Å². The highest BCUT2D eigenvalue weighted by Gasteiger charge is 2.32. The second-order valence-corrected chi connectivity index (χ2v) is 6.69. The van der Waals surface area contributed by atoms with Crippen LogP contribution in [0, 0.1) is 0 Å². The molecule has 1 aromatic rings.